The number of carbonyl (C=O) groups excluding carboxylic acids is 1. The summed E-state index contributed by atoms with van der Waals surface area (Å²) in [5.41, 5.74) is 0. The molecule has 15 heavy (non-hydrogen) atoms. The highest BCUT2D eigenvalue weighted by Crippen LogP contribution is 2.13. The van der Waals surface area contributed by atoms with Crippen LogP contribution in [0.15, 0.2) is 0 Å². The van der Waals surface area contributed by atoms with Gasteiger partial charge >= 0.3 is 6.09 Å². The molecule has 5 nitrogen and oxygen atoms in total. The van der Waals surface area contributed by atoms with E-state index in [2.05, 4.69) is 22.4 Å². The molecule has 84 valence electrons. The van der Waals surface area contributed by atoms with Crippen LogP contribution < -0.4 is 5.32 Å². The third-order valence-corrected chi connectivity index (χ3v) is 2.47. The lowest BCUT2D eigenvalue weighted by atomic mass is 10.3. The van der Waals surface area contributed by atoms with Gasteiger partial charge in [0.15, 0.2) is 0 Å². The molecule has 1 N–H and O–H groups in total. The highest BCUT2D eigenvalue weighted by atomic mass is 32.1. The molecule has 0 bridgehead atoms. The van der Waals surface area contributed by atoms with Gasteiger partial charge in [0.2, 0.25) is 5.13 Å². The lowest BCUT2D eigenvalue weighted by Crippen LogP contribution is -2.14. The molecule has 1 heterocycles. The number of anilines is 1. The average Bonchev–Trinajstić information content (AvgIpc) is 2.59. The molecular weight excluding hydrogens is 214 g/mol. The van der Waals surface area contributed by atoms with E-state index in [4.69, 9.17) is 4.74 Å². The number of unbranched alkanes of at least 4 members (excludes halogenated alkanes) is 2. The Bertz CT molecular complexity index is 314. The van der Waals surface area contributed by atoms with Crippen LogP contribution in [0.3, 0.4) is 0 Å². The number of nitrogens with zero attached hydrogens (tertiary/aromatic N) is 2. The third kappa shape index (κ3) is 4.73. The van der Waals surface area contributed by atoms with Crippen LogP contribution in [-0.4, -0.2) is 22.9 Å². The summed E-state index contributed by atoms with van der Waals surface area (Å²) in [6, 6.07) is 0. The Labute approximate surface area is 92.9 Å². The molecule has 1 aromatic heterocycles. The first-order valence-corrected chi connectivity index (χ1v) is 5.78. The maximum atomic E-state index is 11.2. The summed E-state index contributed by atoms with van der Waals surface area (Å²) in [4.78, 5) is 11.2. The zero-order chi connectivity index (χ0) is 11.1. The Hall–Kier alpha value is -1.17. The summed E-state index contributed by atoms with van der Waals surface area (Å²) in [5.74, 6) is 0. The number of hydrogen-bond donors (Lipinski definition) is 1. The SMILES string of the molecule is CCCCCOC(=O)Nc1nnc(C)s1. The molecule has 0 aliphatic heterocycles. The van der Waals surface area contributed by atoms with Gasteiger partial charge in [-0.25, -0.2) is 4.79 Å². The van der Waals surface area contributed by atoms with Gasteiger partial charge in [0.1, 0.15) is 5.01 Å². The van der Waals surface area contributed by atoms with Crippen molar-refractivity contribution in [3.8, 4) is 0 Å². The van der Waals surface area contributed by atoms with Crippen LogP contribution in [0.4, 0.5) is 9.93 Å². The number of aryl methyl sites for hydroxylation is 1. The van der Waals surface area contributed by atoms with E-state index in [1.54, 1.807) is 0 Å². The molecule has 6 heteroatoms. The highest BCUT2D eigenvalue weighted by molar-refractivity contribution is 7.15. The van der Waals surface area contributed by atoms with E-state index in [0.29, 0.717) is 11.7 Å². The molecule has 0 saturated heterocycles. The summed E-state index contributed by atoms with van der Waals surface area (Å²) in [7, 11) is 0. The Morgan fingerprint density at radius 2 is 2.27 bits per heavy atom. The molecule has 0 fully saturated rings. The largest absolute Gasteiger partial charge is 0.449 e. The minimum absolute atomic E-state index is 0.456. The topological polar surface area (TPSA) is 64.1 Å². The summed E-state index contributed by atoms with van der Waals surface area (Å²) in [5, 5.41) is 11.4. The van der Waals surface area contributed by atoms with E-state index in [1.807, 2.05) is 6.92 Å². The van der Waals surface area contributed by atoms with Crippen LogP contribution in [0.2, 0.25) is 0 Å². The second kappa shape index (κ2) is 6.34. The van der Waals surface area contributed by atoms with Gasteiger partial charge in [-0.2, -0.15) is 0 Å². The Morgan fingerprint density at radius 1 is 1.47 bits per heavy atom. The van der Waals surface area contributed by atoms with Gasteiger partial charge in [-0.1, -0.05) is 31.1 Å². The Kier molecular flexibility index (Phi) is 5.03. The van der Waals surface area contributed by atoms with Crippen molar-refractivity contribution in [2.24, 2.45) is 0 Å². The standard InChI is InChI=1S/C9H15N3O2S/c1-3-4-5-6-14-9(13)10-8-12-11-7(2)15-8/h3-6H2,1-2H3,(H,10,12,13). The second-order valence-corrected chi connectivity index (χ2v) is 4.28. The van der Waals surface area contributed by atoms with E-state index in [9.17, 15) is 4.79 Å². The minimum atomic E-state index is -0.456. The fraction of sp³-hybridized carbons (Fsp3) is 0.667. The van der Waals surface area contributed by atoms with Crippen molar-refractivity contribution in [3.63, 3.8) is 0 Å². The summed E-state index contributed by atoms with van der Waals surface area (Å²) in [6.07, 6.45) is 2.63. The normalized spacial score (nSPS) is 10.0. The third-order valence-electron chi connectivity index (χ3n) is 1.72. The minimum Gasteiger partial charge on any atom is -0.449 e. The van der Waals surface area contributed by atoms with Gasteiger partial charge < -0.3 is 4.74 Å². The summed E-state index contributed by atoms with van der Waals surface area (Å²) in [6.45, 7) is 4.39. The fourth-order valence-corrected chi connectivity index (χ4v) is 1.56. The van der Waals surface area contributed by atoms with Crippen LogP contribution >= 0.6 is 11.3 Å². The van der Waals surface area contributed by atoms with Crippen molar-refractivity contribution in [1.82, 2.24) is 10.2 Å². The van der Waals surface area contributed by atoms with E-state index < -0.39 is 6.09 Å². The maximum absolute atomic E-state index is 11.2. The molecule has 0 aromatic carbocycles. The lowest BCUT2D eigenvalue weighted by Gasteiger charge is -2.03. The van der Waals surface area contributed by atoms with E-state index in [0.717, 1.165) is 24.3 Å². The summed E-state index contributed by atoms with van der Waals surface area (Å²) < 4.78 is 4.95. The van der Waals surface area contributed by atoms with Crippen molar-refractivity contribution < 1.29 is 9.53 Å². The molecular formula is C9H15N3O2S. The van der Waals surface area contributed by atoms with Gasteiger partial charge in [-0.3, -0.25) is 5.32 Å². The first-order valence-electron chi connectivity index (χ1n) is 4.96. The molecule has 0 aliphatic rings. The van der Waals surface area contributed by atoms with Crippen molar-refractivity contribution in [3.05, 3.63) is 5.01 Å². The van der Waals surface area contributed by atoms with E-state index >= 15 is 0 Å². The van der Waals surface area contributed by atoms with Crippen LogP contribution in [0.1, 0.15) is 31.2 Å². The molecule has 0 radical (unpaired) electrons. The summed E-state index contributed by atoms with van der Waals surface area (Å²) >= 11 is 1.33. The number of amides is 1. The molecule has 1 aromatic rings. The second-order valence-electron chi connectivity index (χ2n) is 3.09. The quantitative estimate of drug-likeness (QED) is 0.788. The van der Waals surface area contributed by atoms with Crippen molar-refractivity contribution in [1.29, 1.82) is 0 Å². The Morgan fingerprint density at radius 3 is 2.87 bits per heavy atom. The van der Waals surface area contributed by atoms with Crippen molar-refractivity contribution in [2.75, 3.05) is 11.9 Å². The van der Waals surface area contributed by atoms with E-state index in [1.165, 1.54) is 11.3 Å². The zero-order valence-corrected chi connectivity index (χ0v) is 9.76. The van der Waals surface area contributed by atoms with Crippen LogP contribution in [0.25, 0.3) is 0 Å². The number of rotatable bonds is 5. The highest BCUT2D eigenvalue weighted by Gasteiger charge is 2.06. The lowest BCUT2D eigenvalue weighted by molar-refractivity contribution is 0.159. The van der Waals surface area contributed by atoms with E-state index in [-0.39, 0.29) is 0 Å². The van der Waals surface area contributed by atoms with Gasteiger partial charge in [-0.15, -0.1) is 10.2 Å². The number of carbonyl (C=O) groups is 1. The van der Waals surface area contributed by atoms with Crippen LogP contribution in [0.5, 0.6) is 0 Å². The molecule has 1 rings (SSSR count). The molecule has 0 spiro atoms. The molecule has 0 saturated carbocycles. The predicted octanol–water partition coefficient (Wildman–Crippen LogP) is 2.59. The molecule has 0 atom stereocenters. The number of hydrogen-bond acceptors (Lipinski definition) is 5. The number of ether oxygens (including phenoxy) is 1. The smallest absolute Gasteiger partial charge is 0.413 e. The van der Waals surface area contributed by atoms with Gasteiger partial charge in [0.05, 0.1) is 6.61 Å². The average molecular weight is 229 g/mol. The monoisotopic (exact) mass is 229 g/mol. The first kappa shape index (κ1) is 11.9. The predicted molar refractivity (Wildman–Crippen MR) is 59.1 cm³/mol. The first-order chi connectivity index (χ1) is 7.22. The van der Waals surface area contributed by atoms with Crippen molar-refractivity contribution in [2.45, 2.75) is 33.1 Å². The number of aromatic nitrogens is 2. The zero-order valence-electron chi connectivity index (χ0n) is 8.95. The van der Waals surface area contributed by atoms with Crippen molar-refractivity contribution >= 4 is 22.6 Å². The van der Waals surface area contributed by atoms with Crippen LogP contribution in [-0.2, 0) is 4.74 Å². The molecule has 0 aliphatic carbocycles. The van der Waals surface area contributed by atoms with Crippen LogP contribution in [0, 0.1) is 6.92 Å². The molecule has 1 amide bonds. The fourth-order valence-electron chi connectivity index (χ4n) is 0.987. The van der Waals surface area contributed by atoms with Gasteiger partial charge in [0, 0.05) is 0 Å². The van der Waals surface area contributed by atoms with Gasteiger partial charge in [0.25, 0.3) is 0 Å². The van der Waals surface area contributed by atoms with Gasteiger partial charge in [-0.05, 0) is 13.3 Å². The molecule has 0 unspecified atom stereocenters. The number of nitrogens with one attached hydrogen (secondary N) is 1. The maximum Gasteiger partial charge on any atom is 0.413 e. The Balaban J connectivity index is 2.18.